The third-order valence-corrected chi connectivity index (χ3v) is 9.09. The molecule has 2 aromatic rings. The van der Waals surface area contributed by atoms with Crippen LogP contribution in [0, 0.1) is 29.5 Å². The number of rotatable bonds is 7. The fourth-order valence-electron chi connectivity index (χ4n) is 6.93. The molecule has 2 amide bonds. The van der Waals surface area contributed by atoms with E-state index in [2.05, 4.69) is 22.0 Å². The molecule has 3 aliphatic carbocycles. The number of methoxy groups -OCH3 is 1. The first-order valence-electron chi connectivity index (χ1n) is 14.2. The second kappa shape index (κ2) is 10.8. The number of carbonyl (C=O) groups excluding carboxylic acids is 2. The maximum Gasteiger partial charge on any atom is 0.419 e. The van der Waals surface area contributed by atoms with E-state index in [4.69, 9.17) is 4.74 Å². The van der Waals surface area contributed by atoms with E-state index in [0.29, 0.717) is 35.3 Å². The number of hydrogen-bond donors (Lipinski definition) is 3. The summed E-state index contributed by atoms with van der Waals surface area (Å²) in [5.41, 5.74) is 1.01. The van der Waals surface area contributed by atoms with Gasteiger partial charge in [0.2, 0.25) is 5.91 Å². The van der Waals surface area contributed by atoms with Crippen LogP contribution in [0.4, 0.5) is 23.2 Å². The number of allylic oxidation sites excluding steroid dienone is 1. The van der Waals surface area contributed by atoms with E-state index in [0.717, 1.165) is 62.4 Å². The van der Waals surface area contributed by atoms with Crippen molar-refractivity contribution in [2.24, 2.45) is 23.7 Å². The first-order valence-corrected chi connectivity index (χ1v) is 14.2. The van der Waals surface area contributed by atoms with Crippen LogP contribution in [0.3, 0.4) is 0 Å². The normalized spacial score (nSPS) is 28.2. The van der Waals surface area contributed by atoms with Gasteiger partial charge in [-0.25, -0.2) is 4.39 Å². The van der Waals surface area contributed by atoms with E-state index >= 15 is 0 Å². The van der Waals surface area contributed by atoms with Gasteiger partial charge < -0.3 is 20.7 Å². The maximum atomic E-state index is 13.9. The van der Waals surface area contributed by atoms with Gasteiger partial charge in [-0.05, 0) is 92.3 Å². The number of amides is 2. The van der Waals surface area contributed by atoms with Crippen LogP contribution in [-0.2, 0) is 11.0 Å². The highest BCUT2D eigenvalue weighted by Crippen LogP contribution is 2.54. The minimum atomic E-state index is -4.89. The van der Waals surface area contributed by atoms with Gasteiger partial charge in [0, 0.05) is 24.2 Å². The molecule has 4 aliphatic rings. The summed E-state index contributed by atoms with van der Waals surface area (Å²) in [5.74, 6) is -1.87. The molecule has 6 nitrogen and oxygen atoms in total. The van der Waals surface area contributed by atoms with Crippen LogP contribution < -0.4 is 20.7 Å². The minimum Gasteiger partial charge on any atom is -0.496 e. The van der Waals surface area contributed by atoms with Crippen molar-refractivity contribution in [2.75, 3.05) is 25.5 Å². The Kier molecular flexibility index (Phi) is 7.30. The van der Waals surface area contributed by atoms with Gasteiger partial charge in [0.25, 0.3) is 5.91 Å². The number of benzene rings is 2. The molecule has 1 saturated heterocycles. The lowest BCUT2D eigenvalue weighted by molar-refractivity contribution is -0.140. The standard InChI is InChI=1S/C31H33F4N3O3/c1-41-26-9-4-17(18-10-11-36-15-18)13-23(26)29(39)38-28-21-7-6-20(22(21)12-16-2-3-16)27(28)30(40)37-19-5-8-25(32)24(14-19)31(33,34)35/h4-5,8-9,12-14,16,18,20-21,27-28,36H,2-3,6-7,10-11,15H2,1H3,(H,37,40)(H,38,39)/b22-12-/t18?,20-,21+,27-,28+/m0/s1. The summed E-state index contributed by atoms with van der Waals surface area (Å²) in [6, 6.07) is 7.52. The summed E-state index contributed by atoms with van der Waals surface area (Å²) >= 11 is 0. The van der Waals surface area contributed by atoms with Gasteiger partial charge in [0.15, 0.2) is 0 Å². The molecule has 2 aromatic carbocycles. The van der Waals surface area contributed by atoms with Crippen molar-refractivity contribution in [3.05, 3.63) is 70.6 Å². The fourth-order valence-corrected chi connectivity index (χ4v) is 6.93. The number of fused-ring (bicyclic) bond motifs is 2. The quantitative estimate of drug-likeness (QED) is 0.296. The SMILES string of the molecule is COc1ccc(C2CCNC2)cc1C(=O)N[C@H]1[C@@H](C(=O)Nc2ccc(F)c(C(F)(F)F)c2)[C@H]2CC[C@@H]1/C2=C\C1CC1. The molecule has 6 rings (SSSR count). The average molecular weight is 572 g/mol. The molecule has 4 fully saturated rings. The average Bonchev–Trinajstić information content (AvgIpc) is 3.31. The van der Waals surface area contributed by atoms with E-state index < -0.39 is 35.4 Å². The summed E-state index contributed by atoms with van der Waals surface area (Å²) in [7, 11) is 1.51. The second-order valence-electron chi connectivity index (χ2n) is 11.7. The maximum absolute atomic E-state index is 13.9. The molecule has 218 valence electrons. The van der Waals surface area contributed by atoms with E-state index in [-0.39, 0.29) is 23.4 Å². The second-order valence-corrected chi connectivity index (χ2v) is 11.7. The van der Waals surface area contributed by atoms with Crippen LogP contribution in [-0.4, -0.2) is 38.1 Å². The molecule has 1 aliphatic heterocycles. The molecule has 0 radical (unpaired) electrons. The molecule has 0 spiro atoms. The van der Waals surface area contributed by atoms with Crippen molar-refractivity contribution in [3.8, 4) is 5.75 Å². The number of halogens is 4. The molecule has 1 heterocycles. The van der Waals surface area contributed by atoms with E-state index in [9.17, 15) is 27.2 Å². The predicted octanol–water partition coefficient (Wildman–Crippen LogP) is 5.66. The van der Waals surface area contributed by atoms with Crippen LogP contribution in [0.15, 0.2) is 48.0 Å². The van der Waals surface area contributed by atoms with Crippen molar-refractivity contribution >= 4 is 17.5 Å². The zero-order valence-electron chi connectivity index (χ0n) is 22.7. The van der Waals surface area contributed by atoms with Gasteiger partial charge in [-0.3, -0.25) is 9.59 Å². The Bertz CT molecular complexity index is 1380. The third kappa shape index (κ3) is 5.46. The van der Waals surface area contributed by atoms with E-state index in [1.807, 2.05) is 12.1 Å². The highest BCUT2D eigenvalue weighted by atomic mass is 19.4. The molecule has 3 saturated carbocycles. The molecule has 5 atom stereocenters. The smallest absolute Gasteiger partial charge is 0.419 e. The largest absolute Gasteiger partial charge is 0.496 e. The molecule has 3 N–H and O–H groups in total. The van der Waals surface area contributed by atoms with Gasteiger partial charge in [-0.15, -0.1) is 0 Å². The lowest BCUT2D eigenvalue weighted by atomic mass is 9.83. The first-order chi connectivity index (χ1) is 19.6. The molecular formula is C31H33F4N3O3. The highest BCUT2D eigenvalue weighted by molar-refractivity contribution is 5.99. The van der Waals surface area contributed by atoms with Crippen molar-refractivity contribution in [1.29, 1.82) is 0 Å². The van der Waals surface area contributed by atoms with Crippen molar-refractivity contribution in [1.82, 2.24) is 10.6 Å². The summed E-state index contributed by atoms with van der Waals surface area (Å²) in [6.45, 7) is 1.74. The number of carbonyl (C=O) groups is 2. The topological polar surface area (TPSA) is 79.5 Å². The monoisotopic (exact) mass is 571 g/mol. The number of hydrogen-bond acceptors (Lipinski definition) is 4. The number of nitrogens with one attached hydrogen (secondary N) is 3. The molecule has 41 heavy (non-hydrogen) atoms. The zero-order chi connectivity index (χ0) is 28.9. The molecular weight excluding hydrogens is 538 g/mol. The fraction of sp³-hybridized carbons (Fsp3) is 0.484. The van der Waals surface area contributed by atoms with Crippen LogP contribution in [0.1, 0.15) is 59.5 Å². The number of ether oxygens (including phenoxy) is 1. The van der Waals surface area contributed by atoms with Crippen LogP contribution in [0.5, 0.6) is 5.75 Å². The lowest BCUT2D eigenvalue weighted by Gasteiger charge is -2.30. The van der Waals surface area contributed by atoms with Gasteiger partial charge >= 0.3 is 6.18 Å². The van der Waals surface area contributed by atoms with Crippen molar-refractivity contribution in [2.45, 2.75) is 50.2 Å². The molecule has 1 unspecified atom stereocenters. The van der Waals surface area contributed by atoms with Crippen molar-refractivity contribution < 1.29 is 31.9 Å². The lowest BCUT2D eigenvalue weighted by Crippen LogP contribution is -2.48. The Balaban J connectivity index is 1.28. The summed E-state index contributed by atoms with van der Waals surface area (Å²) in [4.78, 5) is 27.4. The van der Waals surface area contributed by atoms with Crippen LogP contribution >= 0.6 is 0 Å². The Morgan fingerprint density at radius 1 is 1.02 bits per heavy atom. The number of anilines is 1. The Morgan fingerprint density at radius 2 is 1.80 bits per heavy atom. The van der Waals surface area contributed by atoms with Gasteiger partial charge in [-0.2, -0.15) is 13.2 Å². The summed E-state index contributed by atoms with van der Waals surface area (Å²) < 4.78 is 59.3. The first kappa shape index (κ1) is 27.8. The van der Waals surface area contributed by atoms with Crippen LogP contribution in [0.25, 0.3) is 0 Å². The number of alkyl halides is 3. The predicted molar refractivity (Wildman–Crippen MR) is 145 cm³/mol. The highest BCUT2D eigenvalue weighted by Gasteiger charge is 2.55. The molecule has 2 bridgehead atoms. The van der Waals surface area contributed by atoms with E-state index in [1.165, 1.54) is 7.11 Å². The van der Waals surface area contributed by atoms with Gasteiger partial charge in [-0.1, -0.05) is 17.7 Å². The van der Waals surface area contributed by atoms with Gasteiger partial charge in [0.1, 0.15) is 11.6 Å². The Morgan fingerprint density at radius 3 is 2.49 bits per heavy atom. The summed E-state index contributed by atoms with van der Waals surface area (Å²) in [5, 5.41) is 9.06. The Hall–Kier alpha value is -3.40. The van der Waals surface area contributed by atoms with E-state index in [1.54, 1.807) is 6.07 Å². The van der Waals surface area contributed by atoms with Crippen molar-refractivity contribution in [3.63, 3.8) is 0 Å². The minimum absolute atomic E-state index is 0.0348. The molecule has 0 aromatic heterocycles. The summed E-state index contributed by atoms with van der Waals surface area (Å²) in [6.07, 6.45) is 2.07. The van der Waals surface area contributed by atoms with Crippen LogP contribution in [0.2, 0.25) is 0 Å². The molecule has 10 heteroatoms. The zero-order valence-corrected chi connectivity index (χ0v) is 22.7. The van der Waals surface area contributed by atoms with Gasteiger partial charge in [0.05, 0.1) is 24.2 Å². The Labute approximate surface area is 235 Å². The third-order valence-electron chi connectivity index (χ3n) is 9.09.